The molecule has 1 atom stereocenters. The van der Waals surface area contributed by atoms with E-state index < -0.39 is 0 Å². The SMILES string of the molecule is CCCCCCC(OCC)OC(C)=O. The van der Waals surface area contributed by atoms with E-state index in [-0.39, 0.29) is 12.3 Å². The van der Waals surface area contributed by atoms with Gasteiger partial charge in [0.2, 0.25) is 6.29 Å². The molecule has 0 N–H and O–H groups in total. The van der Waals surface area contributed by atoms with Crippen LogP contribution in [0.25, 0.3) is 0 Å². The van der Waals surface area contributed by atoms with Gasteiger partial charge >= 0.3 is 5.97 Å². The van der Waals surface area contributed by atoms with Crippen molar-refractivity contribution in [1.82, 2.24) is 0 Å². The average molecular weight is 202 g/mol. The monoisotopic (exact) mass is 202 g/mol. The molecule has 84 valence electrons. The zero-order valence-electron chi connectivity index (χ0n) is 9.54. The predicted octanol–water partition coefficient (Wildman–Crippen LogP) is 2.88. The third-order valence-corrected chi connectivity index (χ3v) is 1.94. The molecule has 0 aliphatic carbocycles. The molecule has 0 bridgehead atoms. The molecule has 0 spiro atoms. The number of carbonyl (C=O) groups is 1. The van der Waals surface area contributed by atoms with Gasteiger partial charge < -0.3 is 9.47 Å². The van der Waals surface area contributed by atoms with Crippen LogP contribution >= 0.6 is 0 Å². The molecule has 0 saturated carbocycles. The Hall–Kier alpha value is -0.570. The van der Waals surface area contributed by atoms with E-state index in [1.807, 2.05) is 6.92 Å². The second kappa shape index (κ2) is 9.00. The molecular weight excluding hydrogens is 180 g/mol. The number of esters is 1. The van der Waals surface area contributed by atoms with Gasteiger partial charge in [0, 0.05) is 20.0 Å². The van der Waals surface area contributed by atoms with Crippen molar-refractivity contribution >= 4 is 5.97 Å². The lowest BCUT2D eigenvalue weighted by atomic mass is 10.1. The lowest BCUT2D eigenvalue weighted by molar-refractivity contribution is -0.176. The van der Waals surface area contributed by atoms with Gasteiger partial charge in [0.1, 0.15) is 0 Å². The van der Waals surface area contributed by atoms with Gasteiger partial charge in [0.25, 0.3) is 0 Å². The molecule has 0 aromatic carbocycles. The molecule has 3 heteroatoms. The van der Waals surface area contributed by atoms with E-state index >= 15 is 0 Å². The Morgan fingerprint density at radius 3 is 2.43 bits per heavy atom. The van der Waals surface area contributed by atoms with Crippen LogP contribution in [0.2, 0.25) is 0 Å². The Kier molecular flexibility index (Phi) is 8.64. The quantitative estimate of drug-likeness (QED) is 0.345. The second-order valence-electron chi connectivity index (χ2n) is 3.34. The van der Waals surface area contributed by atoms with Crippen molar-refractivity contribution in [2.24, 2.45) is 0 Å². The molecule has 0 rings (SSSR count). The van der Waals surface area contributed by atoms with Crippen LogP contribution in [0.5, 0.6) is 0 Å². The van der Waals surface area contributed by atoms with Crippen molar-refractivity contribution in [1.29, 1.82) is 0 Å². The first kappa shape index (κ1) is 13.4. The molecule has 1 unspecified atom stereocenters. The van der Waals surface area contributed by atoms with Crippen molar-refractivity contribution in [3.63, 3.8) is 0 Å². The topological polar surface area (TPSA) is 35.5 Å². The van der Waals surface area contributed by atoms with Crippen LogP contribution in [0.4, 0.5) is 0 Å². The minimum absolute atomic E-state index is 0.265. The van der Waals surface area contributed by atoms with Crippen molar-refractivity contribution in [2.75, 3.05) is 6.61 Å². The van der Waals surface area contributed by atoms with E-state index in [4.69, 9.17) is 9.47 Å². The number of unbranched alkanes of at least 4 members (excludes halogenated alkanes) is 3. The standard InChI is InChI=1S/C11H22O3/c1-4-6-7-8-9-11(13-5-2)14-10(3)12/h11H,4-9H2,1-3H3. The van der Waals surface area contributed by atoms with Crippen molar-refractivity contribution in [3.8, 4) is 0 Å². The van der Waals surface area contributed by atoms with Gasteiger partial charge in [-0.3, -0.25) is 4.79 Å². The van der Waals surface area contributed by atoms with Crippen LogP contribution in [0.3, 0.4) is 0 Å². The number of hydrogen-bond acceptors (Lipinski definition) is 3. The molecule has 0 amide bonds. The maximum atomic E-state index is 10.7. The van der Waals surface area contributed by atoms with Gasteiger partial charge in [-0.1, -0.05) is 26.2 Å². The fraction of sp³-hybridized carbons (Fsp3) is 0.909. The summed E-state index contributed by atoms with van der Waals surface area (Å²) in [5.41, 5.74) is 0. The highest BCUT2D eigenvalue weighted by atomic mass is 16.7. The van der Waals surface area contributed by atoms with Crippen LogP contribution in [0, 0.1) is 0 Å². The highest BCUT2D eigenvalue weighted by molar-refractivity contribution is 5.66. The summed E-state index contributed by atoms with van der Waals surface area (Å²) in [5.74, 6) is -0.265. The smallest absolute Gasteiger partial charge is 0.304 e. The highest BCUT2D eigenvalue weighted by Crippen LogP contribution is 2.09. The molecular formula is C11H22O3. The lowest BCUT2D eigenvalue weighted by Crippen LogP contribution is -2.19. The van der Waals surface area contributed by atoms with Crippen molar-refractivity contribution in [2.45, 2.75) is 59.2 Å². The van der Waals surface area contributed by atoms with E-state index in [0.29, 0.717) is 6.61 Å². The lowest BCUT2D eigenvalue weighted by Gasteiger charge is -2.16. The minimum atomic E-state index is -0.339. The number of hydrogen-bond donors (Lipinski definition) is 0. The Bertz CT molecular complexity index is 145. The Balaban J connectivity index is 3.56. The summed E-state index contributed by atoms with van der Waals surface area (Å²) in [4.78, 5) is 10.7. The summed E-state index contributed by atoms with van der Waals surface area (Å²) in [5, 5.41) is 0. The van der Waals surface area contributed by atoms with E-state index in [1.54, 1.807) is 0 Å². The van der Waals surface area contributed by atoms with Crippen LogP contribution in [0.1, 0.15) is 52.9 Å². The van der Waals surface area contributed by atoms with Crippen LogP contribution in [-0.4, -0.2) is 18.9 Å². The molecule has 14 heavy (non-hydrogen) atoms. The fourth-order valence-electron chi connectivity index (χ4n) is 1.29. The average Bonchev–Trinajstić information content (AvgIpc) is 2.12. The molecule has 0 saturated heterocycles. The summed E-state index contributed by atoms with van der Waals surface area (Å²) >= 11 is 0. The molecule has 0 aliphatic rings. The van der Waals surface area contributed by atoms with Gasteiger partial charge in [-0.2, -0.15) is 0 Å². The Morgan fingerprint density at radius 1 is 1.21 bits per heavy atom. The third kappa shape index (κ3) is 8.05. The number of carbonyl (C=O) groups excluding carboxylic acids is 1. The zero-order chi connectivity index (χ0) is 10.8. The highest BCUT2D eigenvalue weighted by Gasteiger charge is 2.10. The van der Waals surface area contributed by atoms with Gasteiger partial charge in [-0.25, -0.2) is 0 Å². The number of rotatable bonds is 8. The van der Waals surface area contributed by atoms with E-state index in [2.05, 4.69) is 6.92 Å². The third-order valence-electron chi connectivity index (χ3n) is 1.94. The molecule has 0 aliphatic heterocycles. The van der Waals surface area contributed by atoms with Crippen LogP contribution in [-0.2, 0) is 14.3 Å². The van der Waals surface area contributed by atoms with Gasteiger partial charge in [-0.15, -0.1) is 0 Å². The van der Waals surface area contributed by atoms with Gasteiger partial charge in [0.05, 0.1) is 0 Å². The van der Waals surface area contributed by atoms with E-state index in [9.17, 15) is 4.79 Å². The maximum absolute atomic E-state index is 10.7. The summed E-state index contributed by atoms with van der Waals surface area (Å²) in [6.45, 7) is 6.08. The minimum Gasteiger partial charge on any atom is -0.436 e. The fourth-order valence-corrected chi connectivity index (χ4v) is 1.29. The van der Waals surface area contributed by atoms with E-state index in [1.165, 1.54) is 26.2 Å². The first-order valence-corrected chi connectivity index (χ1v) is 5.49. The predicted molar refractivity (Wildman–Crippen MR) is 55.9 cm³/mol. The molecule has 0 aromatic heterocycles. The molecule has 0 heterocycles. The van der Waals surface area contributed by atoms with Crippen LogP contribution < -0.4 is 0 Å². The first-order valence-electron chi connectivity index (χ1n) is 5.49. The second-order valence-corrected chi connectivity index (χ2v) is 3.34. The van der Waals surface area contributed by atoms with Gasteiger partial charge in [0.15, 0.2) is 0 Å². The largest absolute Gasteiger partial charge is 0.436 e. The Morgan fingerprint density at radius 2 is 1.93 bits per heavy atom. The number of ether oxygens (including phenoxy) is 2. The zero-order valence-corrected chi connectivity index (χ0v) is 9.54. The summed E-state index contributed by atoms with van der Waals surface area (Å²) in [6, 6.07) is 0. The molecule has 3 nitrogen and oxygen atoms in total. The van der Waals surface area contributed by atoms with Crippen LogP contribution in [0.15, 0.2) is 0 Å². The first-order chi connectivity index (χ1) is 6.70. The van der Waals surface area contributed by atoms with Crippen molar-refractivity contribution < 1.29 is 14.3 Å². The van der Waals surface area contributed by atoms with Gasteiger partial charge in [-0.05, 0) is 13.3 Å². The normalized spacial score (nSPS) is 12.5. The molecule has 0 aromatic rings. The molecule has 0 fully saturated rings. The Labute approximate surface area is 86.8 Å². The van der Waals surface area contributed by atoms with E-state index in [0.717, 1.165) is 12.8 Å². The maximum Gasteiger partial charge on any atom is 0.304 e. The summed E-state index contributed by atoms with van der Waals surface area (Å²) < 4.78 is 10.3. The van der Waals surface area contributed by atoms with Crippen molar-refractivity contribution in [3.05, 3.63) is 0 Å². The summed E-state index contributed by atoms with van der Waals surface area (Å²) in [7, 11) is 0. The summed E-state index contributed by atoms with van der Waals surface area (Å²) in [6.07, 6.45) is 5.17. The molecule has 0 radical (unpaired) electrons.